The van der Waals surface area contributed by atoms with E-state index in [-0.39, 0.29) is 6.79 Å². The Morgan fingerprint density at radius 3 is 2.84 bits per heavy atom. The molecule has 1 aliphatic rings. The Morgan fingerprint density at radius 1 is 0.895 bits per heavy atom. The second-order valence-corrected chi connectivity index (χ2v) is 4.42. The molecule has 4 rings (SSSR count). The quantitative estimate of drug-likeness (QED) is 0.660. The lowest BCUT2D eigenvalue weighted by Crippen LogP contribution is -1.94. The highest BCUT2D eigenvalue weighted by Crippen LogP contribution is 2.42. The van der Waals surface area contributed by atoms with E-state index >= 15 is 0 Å². The van der Waals surface area contributed by atoms with Crippen LogP contribution in [0.2, 0.25) is 0 Å². The van der Waals surface area contributed by atoms with Gasteiger partial charge in [-0.05, 0) is 23.6 Å². The zero-order valence-electron chi connectivity index (χ0n) is 10.2. The highest BCUT2D eigenvalue weighted by Gasteiger charge is 2.19. The summed E-state index contributed by atoms with van der Waals surface area (Å²) in [6.45, 7) is 0.275. The number of nitrogens with zero attached hydrogens (tertiary/aromatic N) is 1. The third-order valence-corrected chi connectivity index (χ3v) is 3.33. The van der Waals surface area contributed by atoms with Gasteiger partial charge in [-0.1, -0.05) is 30.3 Å². The van der Waals surface area contributed by atoms with Crippen LogP contribution < -0.4 is 9.47 Å². The Morgan fingerprint density at radius 2 is 1.84 bits per heavy atom. The van der Waals surface area contributed by atoms with Gasteiger partial charge in [-0.3, -0.25) is 4.98 Å². The molecule has 0 amide bonds. The van der Waals surface area contributed by atoms with Crippen LogP contribution >= 0.6 is 0 Å². The van der Waals surface area contributed by atoms with Gasteiger partial charge >= 0.3 is 0 Å². The summed E-state index contributed by atoms with van der Waals surface area (Å²) in [6.07, 6.45) is 1.83. The lowest BCUT2D eigenvalue weighted by Gasteiger charge is -2.08. The summed E-state index contributed by atoms with van der Waals surface area (Å²) in [5.41, 5.74) is 1.91. The van der Waals surface area contributed by atoms with Gasteiger partial charge in [0.15, 0.2) is 11.5 Å². The van der Waals surface area contributed by atoms with Crippen molar-refractivity contribution < 1.29 is 9.47 Å². The molecule has 2 aromatic carbocycles. The zero-order chi connectivity index (χ0) is 12.7. The van der Waals surface area contributed by atoms with Crippen molar-refractivity contribution in [1.29, 1.82) is 0 Å². The van der Waals surface area contributed by atoms with Crippen LogP contribution in [0.1, 0.15) is 0 Å². The van der Waals surface area contributed by atoms with E-state index in [4.69, 9.17) is 9.47 Å². The van der Waals surface area contributed by atoms with Gasteiger partial charge in [0.2, 0.25) is 6.79 Å². The summed E-state index contributed by atoms with van der Waals surface area (Å²) in [4.78, 5) is 4.52. The fraction of sp³-hybridized carbons (Fsp3) is 0.0625. The van der Waals surface area contributed by atoms with Crippen molar-refractivity contribution in [3.8, 4) is 22.8 Å². The molecule has 0 unspecified atom stereocenters. The summed E-state index contributed by atoms with van der Waals surface area (Å²) in [7, 11) is 0. The SMILES string of the molecule is c1cc2c(c(-c3nccc4ccccc34)c1)OCO2. The van der Waals surface area contributed by atoms with Crippen LogP contribution in [0.5, 0.6) is 11.5 Å². The monoisotopic (exact) mass is 249 g/mol. The van der Waals surface area contributed by atoms with E-state index in [2.05, 4.69) is 17.1 Å². The largest absolute Gasteiger partial charge is 0.454 e. The number of hydrogen-bond donors (Lipinski definition) is 0. The van der Waals surface area contributed by atoms with E-state index in [1.165, 1.54) is 5.39 Å². The summed E-state index contributed by atoms with van der Waals surface area (Å²) in [6, 6.07) is 16.1. The number of aromatic nitrogens is 1. The van der Waals surface area contributed by atoms with Crippen LogP contribution in [-0.2, 0) is 0 Å². The maximum absolute atomic E-state index is 5.57. The molecule has 0 fully saturated rings. The van der Waals surface area contributed by atoms with Gasteiger partial charge in [0, 0.05) is 17.1 Å². The Balaban J connectivity index is 2.04. The number of rotatable bonds is 1. The van der Waals surface area contributed by atoms with E-state index in [0.29, 0.717) is 0 Å². The standard InChI is InChI=1S/C16H11NO2/c1-2-5-12-11(4-1)8-9-17-15(12)13-6-3-7-14-16(13)19-10-18-14/h1-9H,10H2. The maximum Gasteiger partial charge on any atom is 0.231 e. The van der Waals surface area contributed by atoms with Gasteiger partial charge < -0.3 is 9.47 Å². The fourth-order valence-corrected chi connectivity index (χ4v) is 2.45. The molecule has 0 radical (unpaired) electrons. The highest BCUT2D eigenvalue weighted by atomic mass is 16.7. The molecular weight excluding hydrogens is 238 g/mol. The van der Waals surface area contributed by atoms with Crippen LogP contribution in [0.15, 0.2) is 54.7 Å². The number of benzene rings is 2. The van der Waals surface area contributed by atoms with Crippen LogP contribution in [-0.4, -0.2) is 11.8 Å². The van der Waals surface area contributed by atoms with Crippen LogP contribution in [0.25, 0.3) is 22.0 Å². The van der Waals surface area contributed by atoms with Gasteiger partial charge in [0.05, 0.1) is 5.69 Å². The molecule has 1 aliphatic heterocycles. The summed E-state index contributed by atoms with van der Waals surface area (Å²) < 4.78 is 11.0. The Bertz CT molecular complexity index is 762. The summed E-state index contributed by atoms with van der Waals surface area (Å²) >= 11 is 0. The fourth-order valence-electron chi connectivity index (χ4n) is 2.45. The van der Waals surface area contributed by atoms with Crippen LogP contribution in [0.4, 0.5) is 0 Å². The van der Waals surface area contributed by atoms with Crippen molar-refractivity contribution >= 4 is 10.8 Å². The molecule has 92 valence electrons. The predicted molar refractivity (Wildman–Crippen MR) is 73.3 cm³/mol. The van der Waals surface area contributed by atoms with Gasteiger partial charge in [-0.25, -0.2) is 0 Å². The van der Waals surface area contributed by atoms with E-state index < -0.39 is 0 Å². The summed E-state index contributed by atoms with van der Waals surface area (Å²) in [5.74, 6) is 1.57. The number of fused-ring (bicyclic) bond motifs is 2. The van der Waals surface area contributed by atoms with Crippen LogP contribution in [0.3, 0.4) is 0 Å². The van der Waals surface area contributed by atoms with Gasteiger partial charge in [0.25, 0.3) is 0 Å². The lowest BCUT2D eigenvalue weighted by molar-refractivity contribution is 0.174. The average Bonchev–Trinajstić information content (AvgIpc) is 2.95. The van der Waals surface area contributed by atoms with Crippen molar-refractivity contribution in [1.82, 2.24) is 4.98 Å². The number of ether oxygens (including phenoxy) is 2. The molecule has 0 saturated carbocycles. The summed E-state index contributed by atoms with van der Waals surface area (Å²) in [5, 5.41) is 2.29. The molecule has 0 atom stereocenters. The van der Waals surface area contributed by atoms with Crippen LogP contribution in [0, 0.1) is 0 Å². The normalized spacial score (nSPS) is 12.8. The molecule has 0 saturated heterocycles. The molecular formula is C16H11NO2. The van der Waals surface area contributed by atoms with Gasteiger partial charge in [-0.2, -0.15) is 0 Å². The van der Waals surface area contributed by atoms with Gasteiger partial charge in [0.1, 0.15) is 0 Å². The first kappa shape index (κ1) is 10.4. The second-order valence-electron chi connectivity index (χ2n) is 4.42. The predicted octanol–water partition coefficient (Wildman–Crippen LogP) is 3.63. The van der Waals surface area contributed by atoms with E-state index in [1.807, 2.05) is 42.6 Å². The molecule has 1 aromatic heterocycles. The molecule has 0 spiro atoms. The number of pyridine rings is 1. The molecule has 2 heterocycles. The van der Waals surface area contributed by atoms with Crippen molar-refractivity contribution in [2.75, 3.05) is 6.79 Å². The first-order valence-corrected chi connectivity index (χ1v) is 6.16. The number of hydrogen-bond acceptors (Lipinski definition) is 3. The average molecular weight is 249 g/mol. The number of para-hydroxylation sites is 1. The third-order valence-electron chi connectivity index (χ3n) is 3.33. The minimum atomic E-state index is 0.275. The molecule has 0 bridgehead atoms. The smallest absolute Gasteiger partial charge is 0.231 e. The zero-order valence-corrected chi connectivity index (χ0v) is 10.2. The van der Waals surface area contributed by atoms with E-state index in [0.717, 1.165) is 28.1 Å². The van der Waals surface area contributed by atoms with Crippen molar-refractivity contribution in [2.45, 2.75) is 0 Å². The van der Waals surface area contributed by atoms with E-state index in [1.54, 1.807) is 0 Å². The Hall–Kier alpha value is -2.55. The highest BCUT2D eigenvalue weighted by molar-refractivity contribution is 5.96. The molecule has 3 heteroatoms. The van der Waals surface area contributed by atoms with Gasteiger partial charge in [-0.15, -0.1) is 0 Å². The molecule has 3 aromatic rings. The molecule has 0 aliphatic carbocycles. The Labute approximate surface area is 110 Å². The third kappa shape index (κ3) is 1.55. The topological polar surface area (TPSA) is 31.4 Å². The molecule has 3 nitrogen and oxygen atoms in total. The first-order valence-electron chi connectivity index (χ1n) is 6.16. The molecule has 19 heavy (non-hydrogen) atoms. The van der Waals surface area contributed by atoms with Crippen molar-refractivity contribution in [3.63, 3.8) is 0 Å². The van der Waals surface area contributed by atoms with Crippen molar-refractivity contribution in [3.05, 3.63) is 54.7 Å². The minimum Gasteiger partial charge on any atom is -0.454 e. The lowest BCUT2D eigenvalue weighted by atomic mass is 10.0. The molecule has 0 N–H and O–H groups in total. The maximum atomic E-state index is 5.57. The van der Waals surface area contributed by atoms with E-state index in [9.17, 15) is 0 Å². The second kappa shape index (κ2) is 3.99. The minimum absolute atomic E-state index is 0.275. The van der Waals surface area contributed by atoms with Crippen molar-refractivity contribution in [2.24, 2.45) is 0 Å². The first-order chi connectivity index (χ1) is 9.43. The Kier molecular flexibility index (Phi) is 2.18.